The van der Waals surface area contributed by atoms with Crippen molar-refractivity contribution in [3.05, 3.63) is 22.7 Å². The highest BCUT2D eigenvalue weighted by Crippen LogP contribution is 2.30. The third-order valence-electron chi connectivity index (χ3n) is 3.06. The summed E-state index contributed by atoms with van der Waals surface area (Å²) < 4.78 is 5.90. The van der Waals surface area contributed by atoms with Gasteiger partial charge in [0, 0.05) is 5.69 Å². The maximum Gasteiger partial charge on any atom is 0.250 e. The molecule has 5 nitrogen and oxygen atoms in total. The molecular formula is C13H15BrN2O3. The third-order valence-corrected chi connectivity index (χ3v) is 3.68. The van der Waals surface area contributed by atoms with Gasteiger partial charge in [0.2, 0.25) is 11.8 Å². The fraction of sp³-hybridized carbons (Fsp3) is 0.385. The van der Waals surface area contributed by atoms with Gasteiger partial charge >= 0.3 is 0 Å². The van der Waals surface area contributed by atoms with E-state index in [0.29, 0.717) is 17.9 Å². The molecule has 0 bridgehead atoms. The van der Waals surface area contributed by atoms with Crippen LogP contribution >= 0.6 is 15.9 Å². The van der Waals surface area contributed by atoms with Gasteiger partial charge in [0.1, 0.15) is 18.3 Å². The number of carbonyl (C=O) groups excluding carboxylic acids is 2. The Kier molecular flexibility index (Phi) is 4.09. The van der Waals surface area contributed by atoms with Gasteiger partial charge in [-0.05, 0) is 40.5 Å². The topological polar surface area (TPSA) is 58.6 Å². The zero-order valence-electron chi connectivity index (χ0n) is 10.8. The monoisotopic (exact) mass is 326 g/mol. The van der Waals surface area contributed by atoms with E-state index in [1.54, 1.807) is 25.3 Å². The highest BCUT2D eigenvalue weighted by atomic mass is 79.9. The van der Waals surface area contributed by atoms with Crippen molar-refractivity contribution in [3.63, 3.8) is 0 Å². The predicted molar refractivity (Wildman–Crippen MR) is 75.3 cm³/mol. The molecule has 1 unspecified atom stereocenters. The summed E-state index contributed by atoms with van der Waals surface area (Å²) in [5.41, 5.74) is 0.686. The van der Waals surface area contributed by atoms with Crippen molar-refractivity contribution in [2.24, 2.45) is 0 Å². The minimum atomic E-state index is -0.442. The largest absolute Gasteiger partial charge is 0.496 e. The summed E-state index contributed by atoms with van der Waals surface area (Å²) in [6, 6.07) is 4.87. The molecule has 1 fully saturated rings. The second-order valence-corrected chi connectivity index (χ2v) is 5.13. The predicted octanol–water partition coefficient (Wildman–Crippen LogP) is 1.70. The first-order valence-electron chi connectivity index (χ1n) is 6.01. The Hall–Kier alpha value is -1.56. The maximum atomic E-state index is 12.2. The Morgan fingerprint density at radius 3 is 2.79 bits per heavy atom. The number of benzene rings is 1. The molecule has 2 rings (SSSR count). The molecule has 102 valence electrons. The van der Waals surface area contributed by atoms with Crippen LogP contribution in [0.15, 0.2) is 22.7 Å². The second-order valence-electron chi connectivity index (χ2n) is 4.27. The molecule has 0 aliphatic carbocycles. The number of methoxy groups -OCH3 is 1. The number of rotatable bonds is 3. The highest BCUT2D eigenvalue weighted by molar-refractivity contribution is 9.10. The number of anilines is 1. The molecule has 1 N–H and O–H groups in total. The van der Waals surface area contributed by atoms with Gasteiger partial charge in [-0.15, -0.1) is 0 Å². The lowest BCUT2D eigenvalue weighted by Gasteiger charge is -2.32. The van der Waals surface area contributed by atoms with E-state index < -0.39 is 6.04 Å². The van der Waals surface area contributed by atoms with Crippen LogP contribution in [-0.2, 0) is 9.59 Å². The molecule has 19 heavy (non-hydrogen) atoms. The van der Waals surface area contributed by atoms with Crippen molar-refractivity contribution >= 4 is 33.4 Å². The molecular weight excluding hydrogens is 312 g/mol. The lowest BCUT2D eigenvalue weighted by molar-refractivity contribution is -0.131. The lowest BCUT2D eigenvalue weighted by Crippen LogP contribution is -2.58. The number of piperazine rings is 1. The Balaban J connectivity index is 2.31. The minimum absolute atomic E-state index is 0.0497. The zero-order valence-corrected chi connectivity index (χ0v) is 12.4. The van der Waals surface area contributed by atoms with Crippen LogP contribution in [0.2, 0.25) is 0 Å². The summed E-state index contributed by atoms with van der Waals surface area (Å²) in [5, 5.41) is 2.69. The molecule has 0 radical (unpaired) electrons. The number of ether oxygens (including phenoxy) is 1. The van der Waals surface area contributed by atoms with Crippen LogP contribution in [0.4, 0.5) is 5.69 Å². The third kappa shape index (κ3) is 2.73. The van der Waals surface area contributed by atoms with E-state index in [1.165, 1.54) is 4.90 Å². The summed E-state index contributed by atoms with van der Waals surface area (Å²) >= 11 is 3.38. The summed E-state index contributed by atoms with van der Waals surface area (Å²) in [6.07, 6.45) is 0.582. The SMILES string of the molecule is CCC1NC(=O)CN(c2ccc(OC)c(Br)c2)C1=O. The molecule has 0 spiro atoms. The Bertz CT molecular complexity index is 519. The first-order chi connectivity index (χ1) is 9.06. The molecule has 1 aliphatic rings. The fourth-order valence-corrected chi connectivity index (χ4v) is 2.56. The summed E-state index contributed by atoms with van der Waals surface area (Å²) in [5.74, 6) is 0.460. The van der Waals surface area contributed by atoms with Gasteiger partial charge in [-0.1, -0.05) is 6.92 Å². The molecule has 1 aliphatic heterocycles. The standard InChI is InChI=1S/C13H15BrN2O3/c1-3-10-13(18)16(7-12(17)15-10)8-4-5-11(19-2)9(14)6-8/h4-6,10H,3,7H2,1-2H3,(H,15,17). The first-order valence-corrected chi connectivity index (χ1v) is 6.80. The average Bonchev–Trinajstić information content (AvgIpc) is 2.40. The normalized spacial score (nSPS) is 19.3. The quantitative estimate of drug-likeness (QED) is 0.919. The smallest absolute Gasteiger partial charge is 0.250 e. The Morgan fingerprint density at radius 2 is 2.21 bits per heavy atom. The van der Waals surface area contributed by atoms with Crippen molar-refractivity contribution in [2.45, 2.75) is 19.4 Å². The van der Waals surface area contributed by atoms with Crippen LogP contribution in [0.5, 0.6) is 5.75 Å². The van der Waals surface area contributed by atoms with Crippen LogP contribution in [0.1, 0.15) is 13.3 Å². The molecule has 0 saturated carbocycles. The van der Waals surface area contributed by atoms with Gasteiger partial charge in [0.25, 0.3) is 0 Å². The summed E-state index contributed by atoms with van der Waals surface area (Å²) in [7, 11) is 1.58. The first kappa shape index (κ1) is 13.9. The van der Waals surface area contributed by atoms with Crippen molar-refractivity contribution < 1.29 is 14.3 Å². The van der Waals surface area contributed by atoms with E-state index in [2.05, 4.69) is 21.2 Å². The molecule has 1 aromatic carbocycles. The number of nitrogens with one attached hydrogen (secondary N) is 1. The van der Waals surface area contributed by atoms with E-state index in [-0.39, 0.29) is 18.4 Å². The molecule has 1 aromatic rings. The molecule has 2 amide bonds. The Labute approximate surface area is 120 Å². The van der Waals surface area contributed by atoms with Crippen molar-refractivity contribution in [1.82, 2.24) is 5.32 Å². The highest BCUT2D eigenvalue weighted by Gasteiger charge is 2.32. The second kappa shape index (κ2) is 5.61. The number of amides is 2. The number of nitrogens with zero attached hydrogens (tertiary/aromatic N) is 1. The lowest BCUT2D eigenvalue weighted by atomic mass is 10.1. The van der Waals surface area contributed by atoms with Gasteiger partial charge in [0.05, 0.1) is 11.6 Å². The molecule has 0 aromatic heterocycles. The number of hydrogen-bond donors (Lipinski definition) is 1. The van der Waals surface area contributed by atoms with E-state index in [1.807, 2.05) is 6.92 Å². The average molecular weight is 327 g/mol. The van der Waals surface area contributed by atoms with Crippen LogP contribution in [-0.4, -0.2) is 31.5 Å². The van der Waals surface area contributed by atoms with Crippen molar-refractivity contribution in [1.29, 1.82) is 0 Å². The fourth-order valence-electron chi connectivity index (χ4n) is 2.03. The number of hydrogen-bond acceptors (Lipinski definition) is 3. The van der Waals surface area contributed by atoms with E-state index >= 15 is 0 Å². The van der Waals surface area contributed by atoms with Crippen molar-refractivity contribution in [3.8, 4) is 5.75 Å². The van der Waals surface area contributed by atoms with E-state index in [4.69, 9.17) is 4.74 Å². The Morgan fingerprint density at radius 1 is 1.47 bits per heavy atom. The van der Waals surface area contributed by atoms with Crippen LogP contribution in [0, 0.1) is 0 Å². The molecule has 1 saturated heterocycles. The van der Waals surface area contributed by atoms with Gasteiger partial charge in [0.15, 0.2) is 0 Å². The molecule has 1 atom stereocenters. The van der Waals surface area contributed by atoms with Crippen LogP contribution in [0.25, 0.3) is 0 Å². The van der Waals surface area contributed by atoms with Crippen LogP contribution < -0.4 is 15.0 Å². The molecule has 6 heteroatoms. The van der Waals surface area contributed by atoms with Crippen LogP contribution in [0.3, 0.4) is 0 Å². The maximum absolute atomic E-state index is 12.2. The van der Waals surface area contributed by atoms with E-state index in [9.17, 15) is 9.59 Å². The molecule has 1 heterocycles. The van der Waals surface area contributed by atoms with Gasteiger partial charge < -0.3 is 15.0 Å². The summed E-state index contributed by atoms with van der Waals surface area (Å²) in [6.45, 7) is 1.92. The van der Waals surface area contributed by atoms with Gasteiger partial charge in [-0.25, -0.2) is 0 Å². The number of carbonyl (C=O) groups is 2. The van der Waals surface area contributed by atoms with Gasteiger partial charge in [-0.3, -0.25) is 9.59 Å². The van der Waals surface area contributed by atoms with E-state index in [0.717, 1.165) is 4.47 Å². The number of halogens is 1. The summed E-state index contributed by atoms with van der Waals surface area (Å²) in [4.78, 5) is 25.4. The van der Waals surface area contributed by atoms with Crippen molar-refractivity contribution in [2.75, 3.05) is 18.6 Å². The zero-order chi connectivity index (χ0) is 14.0. The minimum Gasteiger partial charge on any atom is -0.496 e. The van der Waals surface area contributed by atoms with Gasteiger partial charge in [-0.2, -0.15) is 0 Å².